The van der Waals surface area contributed by atoms with Gasteiger partial charge in [0, 0.05) is 23.0 Å². The predicted octanol–water partition coefficient (Wildman–Crippen LogP) is 3.34. The van der Waals surface area contributed by atoms with Gasteiger partial charge in [-0.2, -0.15) is 0 Å². The molecule has 0 amide bonds. The molecule has 0 aliphatic carbocycles. The van der Waals surface area contributed by atoms with Gasteiger partial charge < -0.3 is 11.1 Å². The van der Waals surface area contributed by atoms with Gasteiger partial charge in [-0.25, -0.2) is 8.78 Å². The van der Waals surface area contributed by atoms with Gasteiger partial charge in [0.1, 0.15) is 4.99 Å². The highest BCUT2D eigenvalue weighted by atomic mass is 32.1. The van der Waals surface area contributed by atoms with E-state index in [1.165, 1.54) is 6.07 Å². The molecule has 0 aromatic heterocycles. The third-order valence-electron chi connectivity index (χ3n) is 2.38. The number of anilines is 2. The van der Waals surface area contributed by atoms with Crippen LogP contribution < -0.4 is 11.1 Å². The Balaban J connectivity index is 2.18. The van der Waals surface area contributed by atoms with Crippen LogP contribution in [0.15, 0.2) is 42.5 Å². The Morgan fingerprint density at radius 3 is 2.11 bits per heavy atom. The average molecular weight is 264 g/mol. The fourth-order valence-electron chi connectivity index (χ4n) is 1.46. The third-order valence-corrected chi connectivity index (χ3v) is 2.61. The summed E-state index contributed by atoms with van der Waals surface area (Å²) >= 11 is 4.83. The molecule has 2 nitrogen and oxygen atoms in total. The Hall–Kier alpha value is -2.01. The van der Waals surface area contributed by atoms with Crippen molar-refractivity contribution in [2.75, 3.05) is 5.32 Å². The second kappa shape index (κ2) is 5.10. The van der Waals surface area contributed by atoms with Gasteiger partial charge in [-0.3, -0.25) is 0 Å². The van der Waals surface area contributed by atoms with E-state index in [9.17, 15) is 8.78 Å². The summed E-state index contributed by atoms with van der Waals surface area (Å²) in [4.78, 5) is 0.314. The normalized spacial score (nSPS) is 10.1. The summed E-state index contributed by atoms with van der Waals surface area (Å²) in [5, 5.41) is 2.95. The first-order chi connectivity index (χ1) is 8.56. The van der Waals surface area contributed by atoms with E-state index in [2.05, 4.69) is 5.32 Å². The second-order valence-corrected chi connectivity index (χ2v) is 4.14. The van der Waals surface area contributed by atoms with Gasteiger partial charge >= 0.3 is 0 Å². The minimum atomic E-state index is -0.889. The largest absolute Gasteiger partial charge is 0.389 e. The van der Waals surface area contributed by atoms with Crippen molar-refractivity contribution in [3.63, 3.8) is 0 Å². The van der Waals surface area contributed by atoms with Gasteiger partial charge in [0.05, 0.1) is 0 Å². The summed E-state index contributed by atoms with van der Waals surface area (Å²) in [5.41, 5.74) is 7.43. The third kappa shape index (κ3) is 2.81. The molecular weight excluding hydrogens is 254 g/mol. The molecule has 2 rings (SSSR count). The van der Waals surface area contributed by atoms with Crippen molar-refractivity contribution in [1.82, 2.24) is 0 Å². The Morgan fingerprint density at radius 1 is 0.944 bits per heavy atom. The summed E-state index contributed by atoms with van der Waals surface area (Å²) in [5.74, 6) is -1.76. The lowest BCUT2D eigenvalue weighted by atomic mass is 10.2. The van der Waals surface area contributed by atoms with E-state index in [1.54, 1.807) is 24.3 Å². The maximum Gasteiger partial charge on any atom is 0.160 e. The fraction of sp³-hybridized carbons (Fsp3) is 0. The monoisotopic (exact) mass is 264 g/mol. The molecule has 0 saturated carbocycles. The Labute approximate surface area is 108 Å². The van der Waals surface area contributed by atoms with Crippen molar-refractivity contribution in [3.05, 3.63) is 59.7 Å². The molecule has 0 fully saturated rings. The molecule has 92 valence electrons. The first-order valence-corrected chi connectivity index (χ1v) is 5.59. The van der Waals surface area contributed by atoms with Crippen LogP contribution in [0.5, 0.6) is 0 Å². The van der Waals surface area contributed by atoms with E-state index in [0.717, 1.165) is 23.4 Å². The van der Waals surface area contributed by atoms with Gasteiger partial charge in [-0.1, -0.05) is 12.2 Å². The Morgan fingerprint density at radius 2 is 1.56 bits per heavy atom. The Kier molecular flexibility index (Phi) is 3.53. The maximum atomic E-state index is 13.0. The van der Waals surface area contributed by atoms with Crippen LogP contribution in [0.25, 0.3) is 0 Å². The summed E-state index contributed by atoms with van der Waals surface area (Å²) < 4.78 is 25.8. The number of rotatable bonds is 3. The predicted molar refractivity (Wildman–Crippen MR) is 72.0 cm³/mol. The van der Waals surface area contributed by atoms with Crippen molar-refractivity contribution in [3.8, 4) is 0 Å². The van der Waals surface area contributed by atoms with E-state index >= 15 is 0 Å². The number of benzene rings is 2. The molecule has 0 atom stereocenters. The molecule has 0 spiro atoms. The quantitative estimate of drug-likeness (QED) is 0.835. The molecule has 2 aromatic carbocycles. The number of nitrogens with two attached hydrogens (primary N) is 1. The minimum absolute atomic E-state index is 0.314. The van der Waals surface area contributed by atoms with Crippen LogP contribution in [0, 0.1) is 11.6 Å². The van der Waals surface area contributed by atoms with E-state index < -0.39 is 11.6 Å². The van der Waals surface area contributed by atoms with Crippen molar-refractivity contribution in [2.24, 2.45) is 5.73 Å². The first kappa shape index (κ1) is 12.4. The highest BCUT2D eigenvalue weighted by Gasteiger charge is 2.03. The van der Waals surface area contributed by atoms with Gasteiger partial charge in [0.15, 0.2) is 11.6 Å². The zero-order valence-corrected chi connectivity index (χ0v) is 10.1. The highest BCUT2D eigenvalue weighted by molar-refractivity contribution is 7.80. The van der Waals surface area contributed by atoms with Gasteiger partial charge in [-0.15, -0.1) is 0 Å². The maximum absolute atomic E-state index is 13.0. The SMILES string of the molecule is NC(=S)c1ccc(Nc2ccc(F)c(F)c2)cc1. The molecule has 0 aliphatic rings. The highest BCUT2D eigenvalue weighted by Crippen LogP contribution is 2.19. The zero-order chi connectivity index (χ0) is 13.1. The molecule has 0 bridgehead atoms. The molecule has 2 aromatic rings. The van der Waals surface area contributed by atoms with Gasteiger partial charge in [-0.05, 0) is 36.4 Å². The topological polar surface area (TPSA) is 38.0 Å². The summed E-state index contributed by atoms with van der Waals surface area (Å²) in [6.07, 6.45) is 0. The van der Waals surface area contributed by atoms with Crippen LogP contribution in [0.2, 0.25) is 0 Å². The molecular formula is C13H10F2N2S. The van der Waals surface area contributed by atoms with Crippen LogP contribution in [-0.4, -0.2) is 4.99 Å². The minimum Gasteiger partial charge on any atom is -0.389 e. The average Bonchev–Trinajstić information content (AvgIpc) is 2.34. The second-order valence-electron chi connectivity index (χ2n) is 3.70. The summed E-state index contributed by atoms with van der Waals surface area (Å²) in [6, 6.07) is 10.7. The standard InChI is InChI=1S/C13H10F2N2S/c14-11-6-5-10(7-12(11)15)17-9-3-1-8(2-4-9)13(16)18/h1-7,17H,(H2,16,18). The van der Waals surface area contributed by atoms with Gasteiger partial charge in [0.2, 0.25) is 0 Å². The molecule has 0 saturated heterocycles. The van der Waals surface area contributed by atoms with Crippen molar-refractivity contribution < 1.29 is 8.78 Å². The molecule has 5 heteroatoms. The van der Waals surface area contributed by atoms with Crippen molar-refractivity contribution in [2.45, 2.75) is 0 Å². The lowest BCUT2D eigenvalue weighted by molar-refractivity contribution is 0.509. The molecule has 0 aliphatic heterocycles. The molecule has 3 N–H and O–H groups in total. The van der Waals surface area contributed by atoms with Crippen LogP contribution in [0.1, 0.15) is 5.56 Å². The molecule has 0 unspecified atom stereocenters. The number of hydrogen-bond acceptors (Lipinski definition) is 2. The number of halogens is 2. The number of nitrogens with one attached hydrogen (secondary N) is 1. The van der Waals surface area contributed by atoms with Crippen LogP contribution in [-0.2, 0) is 0 Å². The van der Waals surface area contributed by atoms with E-state index in [1.807, 2.05) is 0 Å². The first-order valence-electron chi connectivity index (χ1n) is 5.18. The fourth-order valence-corrected chi connectivity index (χ4v) is 1.59. The molecule has 0 radical (unpaired) electrons. The van der Waals surface area contributed by atoms with Crippen LogP contribution in [0.4, 0.5) is 20.2 Å². The number of hydrogen-bond donors (Lipinski definition) is 2. The van der Waals surface area contributed by atoms with E-state index in [4.69, 9.17) is 18.0 Å². The van der Waals surface area contributed by atoms with Crippen molar-refractivity contribution in [1.29, 1.82) is 0 Å². The molecule has 18 heavy (non-hydrogen) atoms. The van der Waals surface area contributed by atoms with Crippen molar-refractivity contribution >= 4 is 28.6 Å². The van der Waals surface area contributed by atoms with Gasteiger partial charge in [0.25, 0.3) is 0 Å². The van der Waals surface area contributed by atoms with Crippen LogP contribution >= 0.6 is 12.2 Å². The van der Waals surface area contributed by atoms with E-state index in [-0.39, 0.29) is 0 Å². The zero-order valence-electron chi connectivity index (χ0n) is 9.28. The number of thiocarbonyl (C=S) groups is 1. The Bertz CT molecular complexity index is 582. The lowest BCUT2D eigenvalue weighted by Gasteiger charge is -2.07. The summed E-state index contributed by atoms with van der Waals surface area (Å²) in [7, 11) is 0. The van der Waals surface area contributed by atoms with Crippen LogP contribution in [0.3, 0.4) is 0 Å². The van der Waals surface area contributed by atoms with E-state index in [0.29, 0.717) is 10.7 Å². The smallest absolute Gasteiger partial charge is 0.160 e. The summed E-state index contributed by atoms with van der Waals surface area (Å²) in [6.45, 7) is 0. The lowest BCUT2D eigenvalue weighted by Crippen LogP contribution is -2.08. The molecule has 0 heterocycles.